The highest BCUT2D eigenvalue weighted by Crippen LogP contribution is 2.33. The molecule has 1 aromatic rings. The largest absolute Gasteiger partial charge is 0.360 e. The Labute approximate surface area is 108 Å². The normalized spacial score (nSPS) is 16.1. The quantitative estimate of drug-likeness (QED) is 0.809. The first kappa shape index (κ1) is 12.9. The number of nitrogens with zero attached hydrogens (tertiary/aromatic N) is 1. The van der Waals surface area contributed by atoms with Crippen LogP contribution in [0.4, 0.5) is 10.1 Å². The Bertz CT molecular complexity index is 458. The lowest BCUT2D eigenvalue weighted by atomic mass is 10.1. The van der Waals surface area contributed by atoms with Gasteiger partial charge in [0.1, 0.15) is 5.82 Å². The van der Waals surface area contributed by atoms with E-state index >= 15 is 0 Å². The van der Waals surface area contributed by atoms with Crippen molar-refractivity contribution in [2.75, 3.05) is 18.0 Å². The van der Waals surface area contributed by atoms with Gasteiger partial charge in [0.25, 0.3) is 0 Å². The summed E-state index contributed by atoms with van der Waals surface area (Å²) in [6, 6.07) is 4.57. The van der Waals surface area contributed by atoms with Gasteiger partial charge in [-0.3, -0.25) is 0 Å². The van der Waals surface area contributed by atoms with Crippen LogP contribution < -0.4 is 10.6 Å². The fourth-order valence-corrected chi connectivity index (χ4v) is 2.15. The predicted molar refractivity (Wildman–Crippen MR) is 72.8 cm³/mol. The van der Waals surface area contributed by atoms with E-state index in [9.17, 15) is 4.39 Å². The number of anilines is 1. The second-order valence-corrected chi connectivity index (χ2v) is 5.02. The van der Waals surface area contributed by atoms with Gasteiger partial charge in [-0.05, 0) is 49.4 Å². The average Bonchev–Trinajstić information content (AvgIpc) is 3.12. The Kier molecular flexibility index (Phi) is 3.88. The molecule has 1 aromatic carbocycles. The third-order valence-corrected chi connectivity index (χ3v) is 3.28. The van der Waals surface area contributed by atoms with Crippen LogP contribution in [-0.2, 0) is 0 Å². The predicted octanol–water partition coefficient (Wildman–Crippen LogP) is 2.70. The molecule has 1 fully saturated rings. The zero-order chi connectivity index (χ0) is 13.1. The highest BCUT2D eigenvalue weighted by atomic mass is 19.1. The molecule has 0 heterocycles. The van der Waals surface area contributed by atoms with Crippen LogP contribution in [0.25, 0.3) is 0 Å². The van der Waals surface area contributed by atoms with E-state index in [1.807, 2.05) is 6.92 Å². The van der Waals surface area contributed by atoms with E-state index in [0.717, 1.165) is 23.7 Å². The molecule has 2 rings (SSSR count). The Balaban J connectivity index is 2.29. The van der Waals surface area contributed by atoms with E-state index in [-0.39, 0.29) is 11.9 Å². The van der Waals surface area contributed by atoms with Crippen LogP contribution in [0, 0.1) is 24.1 Å². The monoisotopic (exact) mass is 246 g/mol. The Morgan fingerprint density at radius 3 is 2.83 bits per heavy atom. The molecule has 1 saturated carbocycles. The molecule has 3 heteroatoms. The molecule has 2 N–H and O–H groups in total. The Hall–Kier alpha value is -1.53. The molecule has 1 atom stereocenters. The first-order chi connectivity index (χ1) is 8.61. The van der Waals surface area contributed by atoms with Crippen molar-refractivity contribution in [1.29, 1.82) is 0 Å². The maximum atomic E-state index is 13.3. The summed E-state index contributed by atoms with van der Waals surface area (Å²) in [5, 5.41) is 0. The van der Waals surface area contributed by atoms with Gasteiger partial charge in [0.15, 0.2) is 0 Å². The third-order valence-electron chi connectivity index (χ3n) is 3.28. The van der Waals surface area contributed by atoms with E-state index in [0.29, 0.717) is 6.54 Å². The van der Waals surface area contributed by atoms with Crippen LogP contribution in [0.3, 0.4) is 0 Å². The second-order valence-electron chi connectivity index (χ2n) is 5.02. The molecular weight excluding hydrogens is 227 g/mol. The lowest BCUT2D eigenvalue weighted by Crippen LogP contribution is -2.28. The van der Waals surface area contributed by atoms with Gasteiger partial charge in [-0.2, -0.15) is 0 Å². The first-order valence-corrected chi connectivity index (χ1v) is 6.35. The summed E-state index contributed by atoms with van der Waals surface area (Å²) in [6.45, 7) is 3.35. The SMILES string of the molecule is C#CCN(CC1CC1)c1ccc(F)cc1[C@@H](C)N. The van der Waals surface area contributed by atoms with E-state index in [4.69, 9.17) is 12.2 Å². The summed E-state index contributed by atoms with van der Waals surface area (Å²) >= 11 is 0. The van der Waals surface area contributed by atoms with E-state index in [2.05, 4.69) is 10.8 Å². The average molecular weight is 246 g/mol. The maximum Gasteiger partial charge on any atom is 0.123 e. The summed E-state index contributed by atoms with van der Waals surface area (Å²) in [5.74, 6) is 3.15. The molecule has 1 aliphatic carbocycles. The van der Waals surface area contributed by atoms with Gasteiger partial charge >= 0.3 is 0 Å². The van der Waals surface area contributed by atoms with Gasteiger partial charge in [0.05, 0.1) is 6.54 Å². The number of rotatable bonds is 5. The lowest BCUT2D eigenvalue weighted by molar-refractivity contribution is 0.621. The van der Waals surface area contributed by atoms with Crippen molar-refractivity contribution in [3.05, 3.63) is 29.6 Å². The van der Waals surface area contributed by atoms with Crippen molar-refractivity contribution in [2.45, 2.75) is 25.8 Å². The highest BCUT2D eigenvalue weighted by Gasteiger charge is 2.25. The zero-order valence-corrected chi connectivity index (χ0v) is 10.7. The number of hydrogen-bond acceptors (Lipinski definition) is 2. The summed E-state index contributed by atoms with van der Waals surface area (Å²) in [4.78, 5) is 2.13. The van der Waals surface area contributed by atoms with Crippen LogP contribution in [0.15, 0.2) is 18.2 Å². The van der Waals surface area contributed by atoms with E-state index in [1.165, 1.54) is 25.0 Å². The fraction of sp³-hybridized carbons (Fsp3) is 0.467. The van der Waals surface area contributed by atoms with Crippen molar-refractivity contribution in [3.8, 4) is 12.3 Å². The molecule has 96 valence electrons. The van der Waals surface area contributed by atoms with Crippen molar-refractivity contribution in [2.24, 2.45) is 11.7 Å². The molecular formula is C15H19FN2. The van der Waals surface area contributed by atoms with Crippen LogP contribution in [0.5, 0.6) is 0 Å². The Morgan fingerprint density at radius 1 is 1.56 bits per heavy atom. The summed E-state index contributed by atoms with van der Waals surface area (Å²) in [6.07, 6.45) is 7.94. The second kappa shape index (κ2) is 5.41. The van der Waals surface area contributed by atoms with Gasteiger partial charge in [-0.15, -0.1) is 6.42 Å². The van der Waals surface area contributed by atoms with Gasteiger partial charge in [-0.25, -0.2) is 4.39 Å². The molecule has 0 aromatic heterocycles. The summed E-state index contributed by atoms with van der Waals surface area (Å²) in [7, 11) is 0. The zero-order valence-electron chi connectivity index (χ0n) is 10.7. The molecule has 0 unspecified atom stereocenters. The molecule has 0 bridgehead atoms. The van der Waals surface area contributed by atoms with E-state index < -0.39 is 0 Å². The lowest BCUT2D eigenvalue weighted by Gasteiger charge is -2.26. The van der Waals surface area contributed by atoms with Crippen LogP contribution >= 0.6 is 0 Å². The first-order valence-electron chi connectivity index (χ1n) is 6.35. The molecule has 1 aliphatic rings. The minimum Gasteiger partial charge on any atom is -0.360 e. The maximum absolute atomic E-state index is 13.3. The number of benzene rings is 1. The van der Waals surface area contributed by atoms with Gasteiger partial charge in [0, 0.05) is 18.3 Å². The van der Waals surface area contributed by atoms with Gasteiger partial charge in [-0.1, -0.05) is 5.92 Å². The molecule has 0 radical (unpaired) electrons. The minimum absolute atomic E-state index is 0.199. The van der Waals surface area contributed by atoms with Crippen LogP contribution in [0.2, 0.25) is 0 Å². The highest BCUT2D eigenvalue weighted by molar-refractivity contribution is 5.56. The molecule has 0 aliphatic heterocycles. The minimum atomic E-state index is -0.252. The van der Waals surface area contributed by atoms with Crippen LogP contribution in [-0.4, -0.2) is 13.1 Å². The smallest absolute Gasteiger partial charge is 0.123 e. The van der Waals surface area contributed by atoms with Gasteiger partial charge < -0.3 is 10.6 Å². The Morgan fingerprint density at radius 2 is 2.28 bits per heavy atom. The molecule has 2 nitrogen and oxygen atoms in total. The molecule has 0 spiro atoms. The summed E-state index contributed by atoms with van der Waals surface area (Å²) in [5.41, 5.74) is 7.71. The van der Waals surface area contributed by atoms with Crippen molar-refractivity contribution in [3.63, 3.8) is 0 Å². The van der Waals surface area contributed by atoms with E-state index in [1.54, 1.807) is 6.07 Å². The standard InChI is InChI=1S/C15H19FN2/c1-3-8-18(10-12-4-5-12)15-7-6-13(16)9-14(15)11(2)17/h1,6-7,9,11-12H,4-5,8,10,17H2,2H3/t11-/m1/s1. The fourth-order valence-electron chi connectivity index (χ4n) is 2.15. The number of hydrogen-bond donors (Lipinski definition) is 1. The molecule has 0 saturated heterocycles. The topological polar surface area (TPSA) is 29.3 Å². The third kappa shape index (κ3) is 3.02. The number of halogens is 1. The number of terminal acetylenes is 1. The van der Waals surface area contributed by atoms with Crippen molar-refractivity contribution < 1.29 is 4.39 Å². The number of nitrogens with two attached hydrogens (primary N) is 1. The van der Waals surface area contributed by atoms with Crippen LogP contribution in [0.1, 0.15) is 31.4 Å². The van der Waals surface area contributed by atoms with Crippen molar-refractivity contribution in [1.82, 2.24) is 0 Å². The van der Waals surface area contributed by atoms with Crippen molar-refractivity contribution >= 4 is 5.69 Å². The van der Waals surface area contributed by atoms with Gasteiger partial charge in [0.2, 0.25) is 0 Å². The molecule has 0 amide bonds. The summed E-state index contributed by atoms with van der Waals surface area (Å²) < 4.78 is 13.3. The molecule has 18 heavy (non-hydrogen) atoms.